The van der Waals surface area contributed by atoms with Gasteiger partial charge in [0, 0.05) is 12.6 Å². The highest BCUT2D eigenvalue weighted by atomic mass is 19.4. The highest BCUT2D eigenvalue weighted by Gasteiger charge is 2.29. The first-order chi connectivity index (χ1) is 8.42. The minimum Gasteiger partial charge on any atom is -0.372 e. The summed E-state index contributed by atoms with van der Waals surface area (Å²) in [5.74, 6) is 6.62. The van der Waals surface area contributed by atoms with Crippen molar-refractivity contribution in [1.82, 2.24) is 5.43 Å². The third-order valence-electron chi connectivity index (χ3n) is 3.60. The molecule has 0 amide bonds. The van der Waals surface area contributed by atoms with Crippen LogP contribution in [0.3, 0.4) is 0 Å². The molecule has 0 aromatic heterocycles. The van der Waals surface area contributed by atoms with Crippen molar-refractivity contribution in [2.75, 3.05) is 13.2 Å². The van der Waals surface area contributed by atoms with Crippen LogP contribution in [0, 0.1) is 11.8 Å². The molecule has 0 bridgehead atoms. The minimum atomic E-state index is -4.25. The van der Waals surface area contributed by atoms with Crippen LogP contribution in [0.25, 0.3) is 0 Å². The lowest BCUT2D eigenvalue weighted by molar-refractivity contribution is -0.174. The fourth-order valence-electron chi connectivity index (χ4n) is 2.70. The Balaban J connectivity index is 2.24. The predicted octanol–water partition coefficient (Wildman–Crippen LogP) is 2.61. The second kappa shape index (κ2) is 7.31. The van der Waals surface area contributed by atoms with E-state index in [1.54, 1.807) is 0 Å². The van der Waals surface area contributed by atoms with Crippen molar-refractivity contribution in [2.24, 2.45) is 17.7 Å². The van der Waals surface area contributed by atoms with Crippen LogP contribution < -0.4 is 11.3 Å². The number of rotatable bonds is 6. The molecule has 1 aliphatic rings. The van der Waals surface area contributed by atoms with Crippen molar-refractivity contribution < 1.29 is 17.9 Å². The molecule has 3 nitrogen and oxygen atoms in total. The lowest BCUT2D eigenvalue weighted by Gasteiger charge is -2.32. The molecular formula is C12H23F3N2O. The van der Waals surface area contributed by atoms with Gasteiger partial charge in [0.1, 0.15) is 6.61 Å². The molecule has 3 atom stereocenters. The van der Waals surface area contributed by atoms with Gasteiger partial charge in [-0.2, -0.15) is 13.2 Å². The highest BCUT2D eigenvalue weighted by Crippen LogP contribution is 2.31. The summed E-state index contributed by atoms with van der Waals surface area (Å²) in [5.41, 5.74) is 2.73. The van der Waals surface area contributed by atoms with Gasteiger partial charge in [-0.25, -0.2) is 0 Å². The Kier molecular flexibility index (Phi) is 6.38. The lowest BCUT2D eigenvalue weighted by Crippen LogP contribution is -2.43. The highest BCUT2D eigenvalue weighted by molar-refractivity contribution is 4.80. The molecule has 18 heavy (non-hydrogen) atoms. The van der Waals surface area contributed by atoms with Crippen LogP contribution in [0.5, 0.6) is 0 Å². The van der Waals surface area contributed by atoms with Gasteiger partial charge in [0.25, 0.3) is 0 Å². The SMILES string of the molecule is CC1CCCC(C(CCOCC(F)(F)F)NN)C1. The average Bonchev–Trinajstić information content (AvgIpc) is 2.27. The zero-order valence-electron chi connectivity index (χ0n) is 10.8. The molecule has 0 aromatic rings. The standard InChI is InChI=1S/C12H23F3N2O/c1-9-3-2-4-10(7-9)11(17-16)5-6-18-8-12(13,14)15/h9-11,17H,2-8,16H2,1H3. The fourth-order valence-corrected chi connectivity index (χ4v) is 2.70. The van der Waals surface area contributed by atoms with E-state index >= 15 is 0 Å². The van der Waals surface area contributed by atoms with Crippen molar-refractivity contribution in [3.05, 3.63) is 0 Å². The summed E-state index contributed by atoms with van der Waals surface area (Å²) in [6.45, 7) is 1.13. The lowest BCUT2D eigenvalue weighted by atomic mass is 9.78. The van der Waals surface area contributed by atoms with E-state index in [2.05, 4.69) is 17.1 Å². The smallest absolute Gasteiger partial charge is 0.372 e. The average molecular weight is 268 g/mol. The van der Waals surface area contributed by atoms with Crippen molar-refractivity contribution in [3.8, 4) is 0 Å². The summed E-state index contributed by atoms with van der Waals surface area (Å²) in [7, 11) is 0. The predicted molar refractivity (Wildman–Crippen MR) is 63.7 cm³/mol. The molecule has 1 rings (SSSR count). The first-order valence-electron chi connectivity index (χ1n) is 6.53. The van der Waals surface area contributed by atoms with E-state index in [4.69, 9.17) is 5.84 Å². The van der Waals surface area contributed by atoms with E-state index in [0.29, 0.717) is 18.3 Å². The van der Waals surface area contributed by atoms with Crippen LogP contribution in [-0.2, 0) is 4.74 Å². The Morgan fingerprint density at radius 1 is 1.39 bits per heavy atom. The molecule has 1 fully saturated rings. The van der Waals surface area contributed by atoms with E-state index < -0.39 is 12.8 Å². The summed E-state index contributed by atoms with van der Waals surface area (Å²) in [6.07, 6.45) is 0.882. The fraction of sp³-hybridized carbons (Fsp3) is 1.00. The third kappa shape index (κ3) is 6.02. The number of nitrogens with two attached hydrogens (primary N) is 1. The first-order valence-corrected chi connectivity index (χ1v) is 6.53. The van der Waals surface area contributed by atoms with Crippen LogP contribution in [0.2, 0.25) is 0 Å². The van der Waals surface area contributed by atoms with Crippen LogP contribution in [0.4, 0.5) is 13.2 Å². The van der Waals surface area contributed by atoms with Crippen LogP contribution in [0.1, 0.15) is 39.0 Å². The molecule has 0 spiro atoms. The summed E-state index contributed by atoms with van der Waals surface area (Å²) in [5, 5.41) is 0. The maximum Gasteiger partial charge on any atom is 0.411 e. The van der Waals surface area contributed by atoms with Gasteiger partial charge < -0.3 is 4.74 Å². The second-order valence-corrected chi connectivity index (χ2v) is 5.26. The number of alkyl halides is 3. The molecule has 1 saturated carbocycles. The van der Waals surface area contributed by atoms with E-state index in [1.807, 2.05) is 0 Å². The maximum atomic E-state index is 11.9. The summed E-state index contributed by atoms with van der Waals surface area (Å²) in [4.78, 5) is 0. The largest absolute Gasteiger partial charge is 0.411 e. The number of ether oxygens (including phenoxy) is 1. The molecule has 0 saturated heterocycles. The third-order valence-corrected chi connectivity index (χ3v) is 3.60. The van der Waals surface area contributed by atoms with Crippen molar-refractivity contribution in [1.29, 1.82) is 0 Å². The van der Waals surface area contributed by atoms with Gasteiger partial charge >= 0.3 is 6.18 Å². The number of hydrogen-bond acceptors (Lipinski definition) is 3. The molecule has 108 valence electrons. The van der Waals surface area contributed by atoms with Crippen LogP contribution in [-0.4, -0.2) is 25.4 Å². The molecule has 1 aliphatic carbocycles. The Hall–Kier alpha value is -0.330. The number of hydrazine groups is 1. The maximum absolute atomic E-state index is 11.9. The summed E-state index contributed by atoms with van der Waals surface area (Å²) in [6, 6.07) is 0.0565. The van der Waals surface area contributed by atoms with E-state index in [0.717, 1.165) is 12.8 Å². The summed E-state index contributed by atoms with van der Waals surface area (Å²) < 4.78 is 40.3. The molecule has 3 N–H and O–H groups in total. The number of halogens is 3. The second-order valence-electron chi connectivity index (χ2n) is 5.26. The van der Waals surface area contributed by atoms with E-state index in [9.17, 15) is 13.2 Å². The van der Waals surface area contributed by atoms with Gasteiger partial charge in [0.15, 0.2) is 0 Å². The molecule has 0 aliphatic heterocycles. The molecular weight excluding hydrogens is 245 g/mol. The van der Waals surface area contributed by atoms with Gasteiger partial charge in [-0.15, -0.1) is 0 Å². The zero-order chi connectivity index (χ0) is 13.6. The number of nitrogens with one attached hydrogen (secondary N) is 1. The number of hydrogen-bond donors (Lipinski definition) is 2. The van der Waals surface area contributed by atoms with Gasteiger partial charge in [0.2, 0.25) is 0 Å². The Morgan fingerprint density at radius 2 is 2.11 bits per heavy atom. The monoisotopic (exact) mass is 268 g/mol. The molecule has 0 radical (unpaired) electrons. The quantitative estimate of drug-likeness (QED) is 0.442. The van der Waals surface area contributed by atoms with Crippen LogP contribution >= 0.6 is 0 Å². The first kappa shape index (κ1) is 15.7. The molecule has 3 unspecified atom stereocenters. The van der Waals surface area contributed by atoms with Gasteiger partial charge in [-0.3, -0.25) is 11.3 Å². The molecule has 6 heteroatoms. The molecule has 0 aromatic carbocycles. The van der Waals surface area contributed by atoms with Crippen molar-refractivity contribution in [3.63, 3.8) is 0 Å². The van der Waals surface area contributed by atoms with Gasteiger partial charge in [-0.05, 0) is 31.1 Å². The Labute approximate surface area is 106 Å². The van der Waals surface area contributed by atoms with Crippen molar-refractivity contribution in [2.45, 2.75) is 51.2 Å². The van der Waals surface area contributed by atoms with E-state index in [1.165, 1.54) is 12.8 Å². The summed E-state index contributed by atoms with van der Waals surface area (Å²) >= 11 is 0. The minimum absolute atomic E-state index is 0.0565. The Bertz CT molecular complexity index is 236. The molecule has 0 heterocycles. The van der Waals surface area contributed by atoms with E-state index in [-0.39, 0.29) is 12.6 Å². The zero-order valence-corrected chi connectivity index (χ0v) is 10.8. The van der Waals surface area contributed by atoms with Gasteiger partial charge in [-0.1, -0.05) is 19.8 Å². The normalized spacial score (nSPS) is 27.2. The van der Waals surface area contributed by atoms with Gasteiger partial charge in [0.05, 0.1) is 0 Å². The topological polar surface area (TPSA) is 47.3 Å². The van der Waals surface area contributed by atoms with Crippen molar-refractivity contribution >= 4 is 0 Å². The Morgan fingerprint density at radius 3 is 2.67 bits per heavy atom. The van der Waals surface area contributed by atoms with Crippen LogP contribution in [0.15, 0.2) is 0 Å².